The molecule has 0 unspecified atom stereocenters. The van der Waals surface area contributed by atoms with Crippen molar-refractivity contribution in [1.29, 1.82) is 0 Å². The molecule has 4 rings (SSSR count). The summed E-state index contributed by atoms with van der Waals surface area (Å²) in [6, 6.07) is 18.2. The Labute approximate surface area is 235 Å². The second-order valence-corrected chi connectivity index (χ2v) is 11.1. The van der Waals surface area contributed by atoms with E-state index in [9.17, 15) is 5.11 Å². The van der Waals surface area contributed by atoms with E-state index in [2.05, 4.69) is 48.7 Å². The number of rotatable bonds is 17. The van der Waals surface area contributed by atoms with E-state index >= 15 is 0 Å². The molecule has 39 heavy (non-hydrogen) atoms. The highest BCUT2D eigenvalue weighted by molar-refractivity contribution is 6.03. The normalized spacial score (nSPS) is 11.8. The largest absolute Gasteiger partial charge is 0.507 e. The van der Waals surface area contributed by atoms with Gasteiger partial charge in [0.25, 0.3) is 0 Å². The molecule has 0 aliphatic rings. The lowest BCUT2D eigenvalue weighted by Gasteiger charge is -2.08. The molecule has 1 heterocycles. The second kappa shape index (κ2) is 15.5. The third-order valence-electron chi connectivity index (χ3n) is 7.87. The predicted molar refractivity (Wildman–Crippen MR) is 168 cm³/mol. The number of aromatic nitrogens is 2. The molecule has 4 nitrogen and oxygen atoms in total. The SMILES string of the molecule is CCCCCCCCCCCCCCCCn1c(N=Cc2c(O)ccc3cc(C)ccc23)nc2ccccc21. The highest BCUT2D eigenvalue weighted by atomic mass is 16.3. The van der Waals surface area contributed by atoms with Gasteiger partial charge in [0.15, 0.2) is 0 Å². The van der Waals surface area contributed by atoms with E-state index in [1.165, 1.54) is 89.0 Å². The van der Waals surface area contributed by atoms with Gasteiger partial charge in [-0.15, -0.1) is 0 Å². The Morgan fingerprint density at radius 1 is 0.769 bits per heavy atom. The van der Waals surface area contributed by atoms with Gasteiger partial charge in [-0.3, -0.25) is 0 Å². The number of imidazole rings is 1. The minimum absolute atomic E-state index is 0.240. The van der Waals surface area contributed by atoms with Crippen molar-refractivity contribution in [3.8, 4) is 5.75 Å². The van der Waals surface area contributed by atoms with Crippen LogP contribution in [0, 0.1) is 6.92 Å². The Morgan fingerprint density at radius 2 is 1.41 bits per heavy atom. The van der Waals surface area contributed by atoms with Crippen LogP contribution in [0.4, 0.5) is 5.95 Å². The van der Waals surface area contributed by atoms with Gasteiger partial charge < -0.3 is 9.67 Å². The Hall–Kier alpha value is -3.14. The van der Waals surface area contributed by atoms with E-state index in [-0.39, 0.29) is 5.75 Å². The number of hydrogen-bond acceptors (Lipinski definition) is 3. The highest BCUT2D eigenvalue weighted by Gasteiger charge is 2.11. The summed E-state index contributed by atoms with van der Waals surface area (Å²) >= 11 is 0. The monoisotopic (exact) mass is 525 g/mol. The second-order valence-electron chi connectivity index (χ2n) is 11.1. The molecule has 0 bridgehead atoms. The van der Waals surface area contributed by atoms with Crippen LogP contribution in [-0.4, -0.2) is 20.9 Å². The zero-order valence-electron chi connectivity index (χ0n) is 24.2. The predicted octanol–water partition coefficient (Wildman–Crippen LogP) is 10.4. The van der Waals surface area contributed by atoms with Crippen LogP contribution in [0.25, 0.3) is 21.8 Å². The van der Waals surface area contributed by atoms with Gasteiger partial charge in [0.05, 0.1) is 11.0 Å². The van der Waals surface area contributed by atoms with Crippen LogP contribution in [0.5, 0.6) is 5.75 Å². The summed E-state index contributed by atoms with van der Waals surface area (Å²) in [5.74, 6) is 0.944. The smallest absolute Gasteiger partial charge is 0.230 e. The van der Waals surface area contributed by atoms with Gasteiger partial charge in [-0.25, -0.2) is 9.98 Å². The molecular formula is C35H47N3O. The molecule has 0 amide bonds. The van der Waals surface area contributed by atoms with E-state index in [1.807, 2.05) is 18.2 Å². The molecule has 3 aromatic carbocycles. The average Bonchev–Trinajstić information content (AvgIpc) is 3.30. The molecule has 0 radical (unpaired) electrons. The summed E-state index contributed by atoms with van der Waals surface area (Å²) in [7, 11) is 0. The van der Waals surface area contributed by atoms with Gasteiger partial charge in [-0.1, -0.05) is 132 Å². The van der Waals surface area contributed by atoms with Crippen molar-refractivity contribution in [3.05, 3.63) is 65.7 Å². The van der Waals surface area contributed by atoms with Crippen LogP contribution < -0.4 is 0 Å². The molecule has 208 valence electrons. The Kier molecular flexibility index (Phi) is 11.4. The third kappa shape index (κ3) is 8.42. The molecule has 4 aromatic rings. The summed E-state index contributed by atoms with van der Waals surface area (Å²) in [6.45, 7) is 5.28. The van der Waals surface area contributed by atoms with Crippen LogP contribution in [-0.2, 0) is 6.54 Å². The van der Waals surface area contributed by atoms with E-state index in [0.717, 1.165) is 40.3 Å². The number of para-hydroxylation sites is 2. The molecule has 0 aliphatic heterocycles. The lowest BCUT2D eigenvalue weighted by atomic mass is 10.0. The number of aliphatic imine (C=N–C) groups is 1. The summed E-state index contributed by atoms with van der Waals surface area (Å²) in [4.78, 5) is 9.62. The van der Waals surface area contributed by atoms with Gasteiger partial charge in [0, 0.05) is 18.3 Å². The number of fused-ring (bicyclic) bond motifs is 2. The van der Waals surface area contributed by atoms with E-state index < -0.39 is 0 Å². The van der Waals surface area contributed by atoms with E-state index in [4.69, 9.17) is 9.98 Å². The maximum Gasteiger partial charge on any atom is 0.230 e. The topological polar surface area (TPSA) is 50.4 Å². The number of nitrogens with zero attached hydrogens (tertiary/aromatic N) is 3. The van der Waals surface area contributed by atoms with Gasteiger partial charge in [0.1, 0.15) is 5.75 Å². The average molecular weight is 526 g/mol. The van der Waals surface area contributed by atoms with Crippen molar-refractivity contribution in [3.63, 3.8) is 0 Å². The van der Waals surface area contributed by atoms with Crippen molar-refractivity contribution in [1.82, 2.24) is 9.55 Å². The zero-order valence-corrected chi connectivity index (χ0v) is 24.2. The van der Waals surface area contributed by atoms with Gasteiger partial charge in [0.2, 0.25) is 5.95 Å². The van der Waals surface area contributed by atoms with Crippen LogP contribution in [0.15, 0.2) is 59.6 Å². The van der Waals surface area contributed by atoms with Crippen molar-refractivity contribution in [2.75, 3.05) is 0 Å². The number of phenols is 1. The zero-order chi connectivity index (χ0) is 27.3. The number of unbranched alkanes of at least 4 members (excludes halogenated alkanes) is 13. The Morgan fingerprint density at radius 3 is 2.10 bits per heavy atom. The molecule has 0 spiro atoms. The summed E-state index contributed by atoms with van der Waals surface area (Å²) < 4.78 is 2.23. The van der Waals surface area contributed by atoms with Crippen molar-refractivity contribution >= 4 is 34.0 Å². The Balaban J connectivity index is 1.28. The van der Waals surface area contributed by atoms with Crippen molar-refractivity contribution < 1.29 is 5.11 Å². The van der Waals surface area contributed by atoms with E-state index in [0.29, 0.717) is 5.95 Å². The van der Waals surface area contributed by atoms with Crippen molar-refractivity contribution in [2.24, 2.45) is 4.99 Å². The van der Waals surface area contributed by atoms with Gasteiger partial charge in [-0.2, -0.15) is 0 Å². The Bertz CT molecular complexity index is 1340. The minimum Gasteiger partial charge on any atom is -0.507 e. The first-order chi connectivity index (χ1) is 19.2. The number of benzene rings is 3. The fourth-order valence-corrected chi connectivity index (χ4v) is 5.57. The molecule has 1 N–H and O–H groups in total. The first-order valence-corrected chi connectivity index (χ1v) is 15.4. The molecule has 0 atom stereocenters. The number of hydrogen-bond donors (Lipinski definition) is 1. The molecule has 4 heteroatoms. The maximum absolute atomic E-state index is 10.6. The quantitative estimate of drug-likeness (QED) is 0.110. The van der Waals surface area contributed by atoms with E-state index in [1.54, 1.807) is 12.3 Å². The fourth-order valence-electron chi connectivity index (χ4n) is 5.57. The van der Waals surface area contributed by atoms with Crippen LogP contribution in [0.3, 0.4) is 0 Å². The molecule has 0 saturated carbocycles. The van der Waals surface area contributed by atoms with Gasteiger partial charge in [-0.05, 0) is 42.3 Å². The first kappa shape index (κ1) is 28.9. The molecule has 0 saturated heterocycles. The summed E-state index contributed by atoms with van der Waals surface area (Å²) in [5.41, 5.74) is 4.03. The number of phenolic OH excluding ortho intramolecular Hbond substituents is 1. The maximum atomic E-state index is 10.6. The standard InChI is InChI=1S/C35H47N3O/c1-3-4-5-6-7-8-9-10-11-12-13-14-15-18-25-38-33-20-17-16-19-32(33)37-35(38)36-27-31-30-23-21-28(2)26-29(30)22-24-34(31)39/h16-17,19-24,26-27,39H,3-15,18,25H2,1-2H3. The first-order valence-electron chi connectivity index (χ1n) is 15.4. The number of aryl methyl sites for hydroxylation is 2. The molecular weight excluding hydrogens is 478 g/mol. The summed E-state index contributed by atoms with van der Waals surface area (Å²) in [6.07, 6.45) is 20.8. The molecule has 1 aromatic heterocycles. The number of aromatic hydroxyl groups is 1. The molecule has 0 fully saturated rings. The lowest BCUT2D eigenvalue weighted by molar-refractivity contribution is 0.475. The van der Waals surface area contributed by atoms with Crippen LogP contribution in [0.1, 0.15) is 108 Å². The van der Waals surface area contributed by atoms with Crippen LogP contribution >= 0.6 is 0 Å². The van der Waals surface area contributed by atoms with Gasteiger partial charge >= 0.3 is 0 Å². The summed E-state index contributed by atoms with van der Waals surface area (Å²) in [5, 5.41) is 12.7. The fraction of sp³-hybridized carbons (Fsp3) is 0.486. The lowest BCUT2D eigenvalue weighted by Crippen LogP contribution is -1.98. The third-order valence-corrected chi connectivity index (χ3v) is 7.87. The van der Waals surface area contributed by atoms with Crippen molar-refractivity contribution in [2.45, 2.75) is 110 Å². The highest BCUT2D eigenvalue weighted by Crippen LogP contribution is 2.28. The van der Waals surface area contributed by atoms with Crippen LogP contribution in [0.2, 0.25) is 0 Å². The minimum atomic E-state index is 0.240. The molecule has 0 aliphatic carbocycles.